The zero-order chi connectivity index (χ0) is 19.3. The number of carbonyl (C=O) groups is 1. The highest BCUT2D eigenvalue weighted by atomic mass is 16.3. The van der Waals surface area contributed by atoms with Gasteiger partial charge in [0.05, 0.1) is 12.8 Å². The van der Waals surface area contributed by atoms with Gasteiger partial charge in [-0.05, 0) is 60.7 Å². The first-order chi connectivity index (χ1) is 13.7. The maximum absolute atomic E-state index is 12.2. The Morgan fingerprint density at radius 3 is 2.46 bits per heavy atom. The largest absolute Gasteiger partial charge is 0.468 e. The Balaban J connectivity index is 1.46. The molecule has 1 fully saturated rings. The lowest BCUT2D eigenvalue weighted by Gasteiger charge is -2.22. The molecule has 1 amide bonds. The summed E-state index contributed by atoms with van der Waals surface area (Å²) in [4.78, 5) is 14.5. The van der Waals surface area contributed by atoms with Gasteiger partial charge >= 0.3 is 0 Å². The second-order valence-corrected chi connectivity index (χ2v) is 7.60. The van der Waals surface area contributed by atoms with Crippen LogP contribution >= 0.6 is 0 Å². The van der Waals surface area contributed by atoms with Gasteiger partial charge in [-0.3, -0.25) is 9.69 Å². The van der Waals surface area contributed by atoms with E-state index < -0.39 is 0 Å². The maximum atomic E-state index is 12.2. The van der Waals surface area contributed by atoms with Crippen LogP contribution in [-0.2, 0) is 19.6 Å². The van der Waals surface area contributed by atoms with Crippen LogP contribution in [-0.4, -0.2) is 16.8 Å². The number of carbonyl (C=O) groups excluding carboxylic acids is 1. The highest BCUT2D eigenvalue weighted by Gasteiger charge is 2.23. The zero-order valence-electron chi connectivity index (χ0n) is 16.2. The van der Waals surface area contributed by atoms with Crippen molar-refractivity contribution in [3.05, 3.63) is 94.9 Å². The van der Waals surface area contributed by atoms with Crippen molar-refractivity contribution in [3.63, 3.8) is 0 Å². The normalized spacial score (nSPS) is 13.6. The molecule has 0 spiro atoms. The third kappa shape index (κ3) is 4.90. The summed E-state index contributed by atoms with van der Waals surface area (Å²) >= 11 is 0. The number of nitrogens with one attached hydrogen (secondary N) is 1. The van der Waals surface area contributed by atoms with Gasteiger partial charge in [0.1, 0.15) is 5.76 Å². The van der Waals surface area contributed by atoms with Crippen molar-refractivity contribution in [2.75, 3.05) is 0 Å². The highest BCUT2D eigenvalue weighted by molar-refractivity contribution is 5.94. The second-order valence-electron chi connectivity index (χ2n) is 7.60. The fraction of sp³-hybridized carbons (Fsp3) is 0.292. The fourth-order valence-electron chi connectivity index (χ4n) is 3.34. The van der Waals surface area contributed by atoms with E-state index in [-0.39, 0.29) is 5.91 Å². The molecule has 1 aliphatic rings. The summed E-state index contributed by atoms with van der Waals surface area (Å²) < 4.78 is 5.57. The minimum absolute atomic E-state index is 0.0291. The quantitative estimate of drug-likeness (QED) is 0.622. The van der Waals surface area contributed by atoms with Gasteiger partial charge in [0.15, 0.2) is 0 Å². The Morgan fingerprint density at radius 1 is 1.00 bits per heavy atom. The molecule has 144 valence electrons. The summed E-state index contributed by atoms with van der Waals surface area (Å²) in [6, 6.07) is 20.7. The van der Waals surface area contributed by atoms with Gasteiger partial charge in [-0.2, -0.15) is 0 Å². The average molecular weight is 374 g/mol. The Morgan fingerprint density at radius 2 is 1.79 bits per heavy atom. The first-order valence-electron chi connectivity index (χ1n) is 9.86. The molecule has 28 heavy (non-hydrogen) atoms. The van der Waals surface area contributed by atoms with Gasteiger partial charge in [-0.25, -0.2) is 0 Å². The number of nitrogens with zero attached hydrogens (tertiary/aromatic N) is 1. The van der Waals surface area contributed by atoms with Crippen molar-refractivity contribution in [1.82, 2.24) is 10.2 Å². The van der Waals surface area contributed by atoms with Crippen LogP contribution in [0.2, 0.25) is 0 Å². The van der Waals surface area contributed by atoms with E-state index in [9.17, 15) is 4.79 Å². The van der Waals surface area contributed by atoms with Crippen molar-refractivity contribution in [3.8, 4) is 0 Å². The molecule has 1 aromatic heterocycles. The molecule has 0 unspecified atom stereocenters. The van der Waals surface area contributed by atoms with Gasteiger partial charge in [0.25, 0.3) is 5.91 Å². The first kappa shape index (κ1) is 18.5. The van der Waals surface area contributed by atoms with E-state index in [2.05, 4.69) is 53.5 Å². The Kier molecular flexibility index (Phi) is 5.58. The van der Waals surface area contributed by atoms with E-state index in [4.69, 9.17) is 4.42 Å². The summed E-state index contributed by atoms with van der Waals surface area (Å²) in [7, 11) is 0. The minimum Gasteiger partial charge on any atom is -0.468 e. The number of aryl methyl sites for hydroxylation is 1. The number of benzene rings is 2. The van der Waals surface area contributed by atoms with Crippen molar-refractivity contribution in [2.45, 2.75) is 45.4 Å². The van der Waals surface area contributed by atoms with Crippen LogP contribution in [0.5, 0.6) is 0 Å². The van der Waals surface area contributed by atoms with Crippen LogP contribution in [0.3, 0.4) is 0 Å². The summed E-state index contributed by atoms with van der Waals surface area (Å²) in [6.45, 7) is 4.52. The monoisotopic (exact) mass is 374 g/mol. The number of hydrogen-bond acceptors (Lipinski definition) is 3. The molecule has 4 nitrogen and oxygen atoms in total. The van der Waals surface area contributed by atoms with E-state index >= 15 is 0 Å². The third-order valence-corrected chi connectivity index (χ3v) is 5.15. The first-order valence-corrected chi connectivity index (χ1v) is 9.86. The number of furan rings is 1. The Hall–Kier alpha value is -2.85. The molecule has 3 aromatic rings. The zero-order valence-corrected chi connectivity index (χ0v) is 16.2. The molecule has 0 aliphatic heterocycles. The molecule has 2 aromatic carbocycles. The summed E-state index contributed by atoms with van der Waals surface area (Å²) in [6.07, 6.45) is 3.92. The minimum atomic E-state index is 0.0291. The van der Waals surface area contributed by atoms with Gasteiger partial charge in [-0.15, -0.1) is 0 Å². The van der Waals surface area contributed by atoms with Crippen molar-refractivity contribution in [1.29, 1.82) is 0 Å². The Bertz CT molecular complexity index is 912. The fourth-order valence-corrected chi connectivity index (χ4v) is 3.34. The molecule has 1 aliphatic carbocycles. The topological polar surface area (TPSA) is 45.5 Å². The summed E-state index contributed by atoms with van der Waals surface area (Å²) in [5.41, 5.74) is 4.52. The molecule has 1 heterocycles. The molecular weight excluding hydrogens is 348 g/mol. The van der Waals surface area contributed by atoms with Gasteiger partial charge in [-0.1, -0.05) is 36.4 Å². The predicted molar refractivity (Wildman–Crippen MR) is 110 cm³/mol. The van der Waals surface area contributed by atoms with E-state index in [1.165, 1.54) is 16.7 Å². The molecule has 0 radical (unpaired) electrons. The Labute approximate surface area is 166 Å². The predicted octanol–water partition coefficient (Wildman–Crippen LogP) is 4.68. The third-order valence-electron chi connectivity index (χ3n) is 5.15. The van der Waals surface area contributed by atoms with Crippen LogP contribution in [0.15, 0.2) is 71.3 Å². The summed E-state index contributed by atoms with van der Waals surface area (Å²) in [5, 5.41) is 3.04. The second kappa shape index (κ2) is 8.44. The van der Waals surface area contributed by atoms with E-state index in [1.54, 1.807) is 6.26 Å². The van der Waals surface area contributed by atoms with E-state index in [0.717, 1.165) is 43.8 Å². The summed E-state index contributed by atoms with van der Waals surface area (Å²) in [5.74, 6) is 0.982. The van der Waals surface area contributed by atoms with Gasteiger partial charge in [0, 0.05) is 24.7 Å². The van der Waals surface area contributed by atoms with Crippen molar-refractivity contribution < 1.29 is 9.21 Å². The molecule has 1 saturated carbocycles. The smallest absolute Gasteiger partial charge is 0.251 e. The average Bonchev–Trinajstić information content (AvgIpc) is 3.36. The molecular formula is C24H26N2O2. The van der Waals surface area contributed by atoms with E-state index in [0.29, 0.717) is 6.04 Å². The molecule has 0 bridgehead atoms. The SMILES string of the molecule is Cc1ccccc1CN(Cc1ccc(C(=O)NC2CC2)cc1)Cc1ccco1. The number of amides is 1. The lowest BCUT2D eigenvalue weighted by atomic mass is 10.1. The van der Waals surface area contributed by atoms with Crippen LogP contribution in [0, 0.1) is 6.92 Å². The molecule has 4 rings (SSSR count). The molecule has 4 heteroatoms. The molecule has 0 saturated heterocycles. The molecule has 1 N–H and O–H groups in total. The van der Waals surface area contributed by atoms with Crippen LogP contribution in [0.1, 0.15) is 45.7 Å². The molecule has 0 atom stereocenters. The van der Waals surface area contributed by atoms with Crippen molar-refractivity contribution in [2.24, 2.45) is 0 Å². The van der Waals surface area contributed by atoms with Crippen LogP contribution in [0.4, 0.5) is 0 Å². The van der Waals surface area contributed by atoms with E-state index in [1.807, 2.05) is 24.3 Å². The lowest BCUT2D eigenvalue weighted by molar-refractivity contribution is 0.0951. The van der Waals surface area contributed by atoms with Gasteiger partial charge in [0.2, 0.25) is 0 Å². The van der Waals surface area contributed by atoms with Gasteiger partial charge < -0.3 is 9.73 Å². The highest BCUT2D eigenvalue weighted by Crippen LogP contribution is 2.20. The number of rotatable bonds is 8. The number of hydrogen-bond donors (Lipinski definition) is 1. The van der Waals surface area contributed by atoms with Crippen molar-refractivity contribution >= 4 is 5.91 Å². The van der Waals surface area contributed by atoms with Crippen LogP contribution in [0.25, 0.3) is 0 Å². The van der Waals surface area contributed by atoms with Crippen LogP contribution < -0.4 is 5.32 Å². The lowest BCUT2D eigenvalue weighted by Crippen LogP contribution is -2.25. The maximum Gasteiger partial charge on any atom is 0.251 e. The standard InChI is InChI=1S/C24H26N2O2/c1-18-5-2-3-6-21(18)16-26(17-23-7-4-14-28-23)15-19-8-10-20(11-9-19)24(27)25-22-12-13-22/h2-11,14,22H,12-13,15-17H2,1H3,(H,25,27).